The molecule has 198 valence electrons. The van der Waals surface area contributed by atoms with E-state index in [0.29, 0.717) is 18.0 Å². The van der Waals surface area contributed by atoms with E-state index in [0.717, 1.165) is 17.1 Å². The number of rotatable bonds is 8. The van der Waals surface area contributed by atoms with Crippen LogP contribution in [0, 0.1) is 6.92 Å². The lowest BCUT2D eigenvalue weighted by Gasteiger charge is -2.14. The normalized spacial score (nSPS) is 11.6. The molecule has 0 saturated carbocycles. The zero-order valence-corrected chi connectivity index (χ0v) is 22.2. The fourth-order valence-electron chi connectivity index (χ4n) is 3.48. The first kappa shape index (κ1) is 27.3. The van der Waals surface area contributed by atoms with E-state index in [4.69, 9.17) is 9.26 Å². The van der Waals surface area contributed by atoms with Crippen LogP contribution in [0.4, 0.5) is 18.9 Å². The van der Waals surface area contributed by atoms with Gasteiger partial charge in [-0.1, -0.05) is 17.3 Å². The molecule has 4 aromatic rings. The van der Waals surface area contributed by atoms with Crippen LogP contribution in [0.1, 0.15) is 21.8 Å². The molecule has 0 atom stereocenters. The molecule has 0 saturated heterocycles. The van der Waals surface area contributed by atoms with E-state index in [1.807, 2.05) is 19.0 Å². The Bertz CT molecular complexity index is 1440. The van der Waals surface area contributed by atoms with Crippen molar-refractivity contribution in [1.29, 1.82) is 0 Å². The summed E-state index contributed by atoms with van der Waals surface area (Å²) in [6, 6.07) is 11.6. The van der Waals surface area contributed by atoms with Gasteiger partial charge >= 0.3 is 6.18 Å². The summed E-state index contributed by atoms with van der Waals surface area (Å²) in [6.45, 7) is 2.73. The van der Waals surface area contributed by atoms with Crippen LogP contribution in [0.3, 0.4) is 0 Å². The molecular weight excluding hydrogens is 567 g/mol. The molecule has 2 heterocycles. The molecule has 1 N–H and O–H groups in total. The van der Waals surface area contributed by atoms with Crippen LogP contribution in [0.15, 0.2) is 63.7 Å². The minimum absolute atomic E-state index is 0.0544. The smallest absolute Gasteiger partial charge is 0.417 e. The standard InChI is InChI=1S/C26H23BrF3N5O3/c1-15-32-24(34-38-15)16-4-7-19(20(12-16)26(28,29)30)22-9-5-17(14-31-22)25(36)33-18-6-8-21(27)23(13-18)37-11-10-35(2)3/h4-9,12-14H,10-11H2,1-3H3,(H,33,36). The minimum Gasteiger partial charge on any atom is -0.491 e. The van der Waals surface area contributed by atoms with Gasteiger partial charge in [0, 0.05) is 42.5 Å². The van der Waals surface area contributed by atoms with Gasteiger partial charge in [0.25, 0.3) is 5.91 Å². The number of hydrogen-bond donors (Lipinski definition) is 1. The van der Waals surface area contributed by atoms with E-state index in [-0.39, 0.29) is 34.1 Å². The molecule has 0 aliphatic rings. The maximum atomic E-state index is 13.9. The van der Waals surface area contributed by atoms with Crippen LogP contribution in [0.2, 0.25) is 0 Å². The number of aromatic nitrogens is 3. The van der Waals surface area contributed by atoms with E-state index in [1.54, 1.807) is 25.1 Å². The van der Waals surface area contributed by atoms with Crippen molar-refractivity contribution in [3.8, 4) is 28.4 Å². The van der Waals surface area contributed by atoms with E-state index in [2.05, 4.69) is 36.4 Å². The van der Waals surface area contributed by atoms with Gasteiger partial charge in [0.1, 0.15) is 12.4 Å². The molecule has 2 aromatic heterocycles. The Labute approximate surface area is 225 Å². The largest absolute Gasteiger partial charge is 0.491 e. The molecular formula is C26H23BrF3N5O3. The van der Waals surface area contributed by atoms with Crippen molar-refractivity contribution in [2.24, 2.45) is 0 Å². The highest BCUT2D eigenvalue weighted by Gasteiger charge is 2.34. The molecule has 12 heteroatoms. The third kappa shape index (κ3) is 6.56. The van der Waals surface area contributed by atoms with E-state index in [1.165, 1.54) is 30.5 Å². The van der Waals surface area contributed by atoms with Gasteiger partial charge in [0.05, 0.1) is 21.3 Å². The molecule has 1 amide bonds. The lowest BCUT2D eigenvalue weighted by molar-refractivity contribution is -0.137. The average Bonchev–Trinajstić information content (AvgIpc) is 3.31. The number of likely N-dealkylation sites (N-methyl/N-ethyl adjacent to an activating group) is 1. The summed E-state index contributed by atoms with van der Waals surface area (Å²) in [5, 5.41) is 6.44. The second-order valence-electron chi connectivity index (χ2n) is 8.58. The van der Waals surface area contributed by atoms with Gasteiger partial charge in [0.2, 0.25) is 11.7 Å². The van der Waals surface area contributed by atoms with Crippen molar-refractivity contribution in [3.05, 3.63) is 76.2 Å². The summed E-state index contributed by atoms with van der Waals surface area (Å²) in [5.41, 5.74) is -0.147. The number of carbonyl (C=O) groups is 1. The molecule has 4 rings (SSSR count). The third-order valence-corrected chi connectivity index (χ3v) is 6.05. The number of nitrogens with one attached hydrogen (secondary N) is 1. The first-order valence-electron chi connectivity index (χ1n) is 11.4. The highest BCUT2D eigenvalue weighted by atomic mass is 79.9. The number of pyridine rings is 1. The Balaban J connectivity index is 1.53. The first-order valence-corrected chi connectivity index (χ1v) is 12.2. The molecule has 8 nitrogen and oxygen atoms in total. The number of aryl methyl sites for hydroxylation is 1. The summed E-state index contributed by atoms with van der Waals surface area (Å²) < 4.78 is 53.0. The number of amides is 1. The number of halogens is 4. The summed E-state index contributed by atoms with van der Waals surface area (Å²) in [5.74, 6) is 0.393. The number of benzene rings is 2. The summed E-state index contributed by atoms with van der Waals surface area (Å²) in [4.78, 5) is 22.9. The lowest BCUT2D eigenvalue weighted by Crippen LogP contribution is -2.19. The topological polar surface area (TPSA) is 93.4 Å². The average molecular weight is 590 g/mol. The lowest BCUT2D eigenvalue weighted by atomic mass is 9.99. The maximum Gasteiger partial charge on any atom is 0.417 e. The van der Waals surface area contributed by atoms with E-state index >= 15 is 0 Å². The van der Waals surface area contributed by atoms with Gasteiger partial charge in [-0.05, 0) is 60.4 Å². The van der Waals surface area contributed by atoms with Crippen molar-refractivity contribution in [1.82, 2.24) is 20.0 Å². The van der Waals surface area contributed by atoms with E-state index in [9.17, 15) is 18.0 Å². The van der Waals surface area contributed by atoms with Crippen LogP contribution in [-0.2, 0) is 6.18 Å². The van der Waals surface area contributed by atoms with Gasteiger partial charge < -0.3 is 19.5 Å². The van der Waals surface area contributed by atoms with Crippen molar-refractivity contribution in [2.75, 3.05) is 32.6 Å². The molecule has 0 radical (unpaired) electrons. The second-order valence-corrected chi connectivity index (χ2v) is 9.43. The fraction of sp³-hybridized carbons (Fsp3) is 0.231. The maximum absolute atomic E-state index is 13.9. The monoisotopic (exact) mass is 589 g/mol. The van der Waals surface area contributed by atoms with Gasteiger partial charge in [0.15, 0.2) is 0 Å². The van der Waals surface area contributed by atoms with Gasteiger partial charge in [-0.25, -0.2) is 0 Å². The van der Waals surface area contributed by atoms with Crippen molar-refractivity contribution < 1.29 is 27.2 Å². The summed E-state index contributed by atoms with van der Waals surface area (Å²) in [7, 11) is 3.87. The zero-order valence-electron chi connectivity index (χ0n) is 20.6. The molecule has 0 aliphatic heterocycles. The Morgan fingerprint density at radius 3 is 2.55 bits per heavy atom. The quantitative estimate of drug-likeness (QED) is 0.266. The summed E-state index contributed by atoms with van der Waals surface area (Å²) >= 11 is 3.42. The second kappa shape index (κ2) is 11.3. The highest BCUT2D eigenvalue weighted by molar-refractivity contribution is 9.10. The molecule has 0 aliphatic carbocycles. The number of nitrogens with zero attached hydrogens (tertiary/aromatic N) is 4. The Hall–Kier alpha value is -3.77. The first-order chi connectivity index (χ1) is 18.0. The molecule has 0 bridgehead atoms. The highest BCUT2D eigenvalue weighted by Crippen LogP contribution is 2.38. The predicted molar refractivity (Wildman–Crippen MR) is 139 cm³/mol. The SMILES string of the molecule is Cc1nc(-c2ccc(-c3ccc(C(=O)Nc4ccc(Br)c(OCCN(C)C)c4)cn3)c(C(F)(F)F)c2)no1. The van der Waals surface area contributed by atoms with Crippen molar-refractivity contribution >= 4 is 27.5 Å². The molecule has 2 aromatic carbocycles. The van der Waals surface area contributed by atoms with Gasteiger partial charge in [-0.3, -0.25) is 9.78 Å². The van der Waals surface area contributed by atoms with Crippen LogP contribution < -0.4 is 10.1 Å². The van der Waals surface area contributed by atoms with Crippen LogP contribution in [-0.4, -0.2) is 53.2 Å². The molecule has 0 unspecified atom stereocenters. The van der Waals surface area contributed by atoms with Gasteiger partial charge in [-0.15, -0.1) is 0 Å². The molecule has 0 fully saturated rings. The number of carbonyl (C=O) groups excluding carboxylic acids is 1. The Morgan fingerprint density at radius 2 is 1.92 bits per heavy atom. The van der Waals surface area contributed by atoms with Crippen LogP contribution >= 0.6 is 15.9 Å². The number of alkyl halides is 3. The van der Waals surface area contributed by atoms with Crippen molar-refractivity contribution in [3.63, 3.8) is 0 Å². The van der Waals surface area contributed by atoms with Gasteiger partial charge in [-0.2, -0.15) is 18.2 Å². The third-order valence-electron chi connectivity index (χ3n) is 5.40. The van der Waals surface area contributed by atoms with Crippen LogP contribution in [0.5, 0.6) is 5.75 Å². The number of ether oxygens (including phenoxy) is 1. The number of anilines is 1. The van der Waals surface area contributed by atoms with E-state index < -0.39 is 17.6 Å². The Morgan fingerprint density at radius 1 is 1.13 bits per heavy atom. The number of hydrogen-bond acceptors (Lipinski definition) is 7. The summed E-state index contributed by atoms with van der Waals surface area (Å²) in [6.07, 6.45) is -3.43. The van der Waals surface area contributed by atoms with Crippen molar-refractivity contribution in [2.45, 2.75) is 13.1 Å². The predicted octanol–water partition coefficient (Wildman–Crippen LogP) is 6.08. The Kier molecular flexibility index (Phi) is 8.12. The zero-order chi connectivity index (χ0) is 27.4. The van der Waals surface area contributed by atoms with Crippen LogP contribution in [0.25, 0.3) is 22.6 Å². The minimum atomic E-state index is -4.66. The molecule has 38 heavy (non-hydrogen) atoms. The molecule has 0 spiro atoms. The fourth-order valence-corrected chi connectivity index (χ4v) is 3.84.